The molecule has 0 aliphatic rings. The highest BCUT2D eigenvalue weighted by Crippen LogP contribution is 2.22. The normalized spacial score (nSPS) is 11.0. The second-order valence-corrected chi connectivity index (χ2v) is 4.31. The van der Waals surface area contributed by atoms with Crippen LogP contribution in [0.15, 0.2) is 42.6 Å². The fourth-order valence-electron chi connectivity index (χ4n) is 2.07. The SMILES string of the molecule is Cc1ccccc1-c1nnc2cc(CN)ccn12. The van der Waals surface area contributed by atoms with E-state index < -0.39 is 0 Å². The van der Waals surface area contributed by atoms with Gasteiger partial charge in [-0.05, 0) is 30.2 Å². The largest absolute Gasteiger partial charge is 0.326 e. The Morgan fingerprint density at radius 3 is 2.78 bits per heavy atom. The third-order valence-electron chi connectivity index (χ3n) is 3.10. The van der Waals surface area contributed by atoms with Gasteiger partial charge >= 0.3 is 0 Å². The number of rotatable bonds is 2. The number of nitrogens with two attached hydrogens (primary N) is 1. The Bertz CT molecular complexity index is 700. The van der Waals surface area contributed by atoms with Crippen LogP contribution in [0.3, 0.4) is 0 Å². The molecule has 0 radical (unpaired) electrons. The molecule has 0 amide bonds. The molecular weight excluding hydrogens is 224 g/mol. The summed E-state index contributed by atoms with van der Waals surface area (Å²) in [5.41, 5.74) is 9.81. The lowest BCUT2D eigenvalue weighted by Crippen LogP contribution is -1.98. The van der Waals surface area contributed by atoms with Gasteiger partial charge in [0.1, 0.15) is 0 Å². The van der Waals surface area contributed by atoms with E-state index in [4.69, 9.17) is 5.73 Å². The number of aromatic nitrogens is 3. The molecule has 0 unspecified atom stereocenters. The van der Waals surface area contributed by atoms with Gasteiger partial charge in [-0.1, -0.05) is 24.3 Å². The van der Waals surface area contributed by atoms with Gasteiger partial charge in [0.05, 0.1) is 0 Å². The van der Waals surface area contributed by atoms with Gasteiger partial charge in [0, 0.05) is 18.3 Å². The van der Waals surface area contributed by atoms with Gasteiger partial charge < -0.3 is 5.73 Å². The van der Waals surface area contributed by atoms with Crippen LogP contribution < -0.4 is 5.73 Å². The molecule has 4 nitrogen and oxygen atoms in total. The molecule has 0 fully saturated rings. The summed E-state index contributed by atoms with van der Waals surface area (Å²) in [5.74, 6) is 0.867. The van der Waals surface area contributed by atoms with Crippen LogP contribution in [0, 0.1) is 6.92 Å². The first-order valence-corrected chi connectivity index (χ1v) is 5.89. The van der Waals surface area contributed by atoms with Crippen molar-refractivity contribution >= 4 is 5.65 Å². The average molecular weight is 238 g/mol. The molecule has 0 spiro atoms. The topological polar surface area (TPSA) is 56.2 Å². The Morgan fingerprint density at radius 2 is 2.00 bits per heavy atom. The zero-order chi connectivity index (χ0) is 12.5. The second kappa shape index (κ2) is 4.23. The number of fused-ring (bicyclic) bond motifs is 1. The second-order valence-electron chi connectivity index (χ2n) is 4.31. The van der Waals surface area contributed by atoms with E-state index in [9.17, 15) is 0 Å². The number of pyridine rings is 1. The number of hydrogen-bond donors (Lipinski definition) is 1. The van der Waals surface area contributed by atoms with Gasteiger partial charge in [0.2, 0.25) is 0 Å². The van der Waals surface area contributed by atoms with Crippen molar-refractivity contribution in [2.24, 2.45) is 5.73 Å². The minimum Gasteiger partial charge on any atom is -0.326 e. The fraction of sp³-hybridized carbons (Fsp3) is 0.143. The summed E-state index contributed by atoms with van der Waals surface area (Å²) >= 11 is 0. The molecule has 4 heteroatoms. The summed E-state index contributed by atoms with van der Waals surface area (Å²) in [4.78, 5) is 0. The average Bonchev–Trinajstić information content (AvgIpc) is 2.82. The summed E-state index contributed by atoms with van der Waals surface area (Å²) in [6.07, 6.45) is 1.97. The smallest absolute Gasteiger partial charge is 0.168 e. The molecule has 0 bridgehead atoms. The van der Waals surface area contributed by atoms with Crippen LogP contribution in [-0.2, 0) is 6.54 Å². The van der Waals surface area contributed by atoms with Gasteiger partial charge in [-0.25, -0.2) is 0 Å². The van der Waals surface area contributed by atoms with Crippen molar-refractivity contribution in [1.82, 2.24) is 14.6 Å². The molecule has 18 heavy (non-hydrogen) atoms. The Balaban J connectivity index is 2.22. The number of nitrogens with zero attached hydrogens (tertiary/aromatic N) is 3. The van der Waals surface area contributed by atoms with Crippen molar-refractivity contribution in [3.63, 3.8) is 0 Å². The van der Waals surface area contributed by atoms with E-state index in [1.54, 1.807) is 0 Å². The first-order chi connectivity index (χ1) is 8.79. The van der Waals surface area contributed by atoms with Crippen molar-refractivity contribution < 1.29 is 0 Å². The first kappa shape index (κ1) is 10.9. The molecule has 3 rings (SSSR count). The van der Waals surface area contributed by atoms with Gasteiger partial charge in [-0.3, -0.25) is 4.40 Å². The van der Waals surface area contributed by atoms with Crippen LogP contribution in [0.25, 0.3) is 17.0 Å². The lowest BCUT2D eigenvalue weighted by Gasteiger charge is -2.04. The fourth-order valence-corrected chi connectivity index (χ4v) is 2.07. The molecule has 0 saturated heterocycles. The van der Waals surface area contributed by atoms with Crippen molar-refractivity contribution in [2.75, 3.05) is 0 Å². The summed E-state index contributed by atoms with van der Waals surface area (Å²) in [5, 5.41) is 8.48. The maximum atomic E-state index is 5.63. The highest BCUT2D eigenvalue weighted by Gasteiger charge is 2.09. The summed E-state index contributed by atoms with van der Waals surface area (Å²) in [6, 6.07) is 12.1. The Labute approximate surface area is 105 Å². The van der Waals surface area contributed by atoms with Crippen molar-refractivity contribution in [3.8, 4) is 11.4 Å². The van der Waals surface area contributed by atoms with Crippen LogP contribution in [0.1, 0.15) is 11.1 Å². The zero-order valence-electron chi connectivity index (χ0n) is 10.2. The summed E-state index contributed by atoms with van der Waals surface area (Å²) in [7, 11) is 0. The number of benzene rings is 1. The number of aryl methyl sites for hydroxylation is 1. The Morgan fingerprint density at radius 1 is 1.17 bits per heavy atom. The minimum atomic E-state index is 0.517. The third kappa shape index (κ3) is 1.67. The molecule has 0 saturated carbocycles. The monoisotopic (exact) mass is 238 g/mol. The molecule has 2 N–H and O–H groups in total. The Hall–Kier alpha value is -2.20. The predicted molar refractivity (Wildman–Crippen MR) is 71.1 cm³/mol. The highest BCUT2D eigenvalue weighted by molar-refractivity contribution is 5.63. The van der Waals surface area contributed by atoms with Crippen LogP contribution >= 0.6 is 0 Å². The van der Waals surface area contributed by atoms with E-state index in [-0.39, 0.29) is 0 Å². The molecule has 3 aromatic rings. The van der Waals surface area contributed by atoms with Gasteiger partial charge in [-0.2, -0.15) is 0 Å². The molecule has 2 heterocycles. The molecule has 2 aromatic heterocycles. The van der Waals surface area contributed by atoms with Crippen LogP contribution in [0.2, 0.25) is 0 Å². The maximum Gasteiger partial charge on any atom is 0.168 e. The molecule has 0 aliphatic carbocycles. The van der Waals surface area contributed by atoms with Crippen LogP contribution in [0.4, 0.5) is 0 Å². The van der Waals surface area contributed by atoms with E-state index in [0.717, 1.165) is 22.6 Å². The quantitative estimate of drug-likeness (QED) is 0.744. The standard InChI is InChI=1S/C14H14N4/c1-10-4-2-3-5-12(10)14-17-16-13-8-11(9-15)6-7-18(13)14/h2-8H,9,15H2,1H3. The Kier molecular flexibility index (Phi) is 2.57. The lowest BCUT2D eigenvalue weighted by atomic mass is 10.1. The molecule has 90 valence electrons. The van der Waals surface area contributed by atoms with Gasteiger partial charge in [0.25, 0.3) is 0 Å². The maximum absolute atomic E-state index is 5.63. The molecule has 1 aromatic carbocycles. The van der Waals surface area contributed by atoms with E-state index >= 15 is 0 Å². The zero-order valence-corrected chi connectivity index (χ0v) is 10.2. The van der Waals surface area contributed by atoms with Crippen molar-refractivity contribution in [1.29, 1.82) is 0 Å². The third-order valence-corrected chi connectivity index (χ3v) is 3.10. The van der Waals surface area contributed by atoms with Gasteiger partial charge in [-0.15, -0.1) is 10.2 Å². The van der Waals surface area contributed by atoms with E-state index in [0.29, 0.717) is 6.54 Å². The van der Waals surface area contributed by atoms with E-state index in [2.05, 4.69) is 29.3 Å². The van der Waals surface area contributed by atoms with Crippen molar-refractivity contribution in [2.45, 2.75) is 13.5 Å². The number of hydrogen-bond acceptors (Lipinski definition) is 3. The molecule has 0 aliphatic heterocycles. The lowest BCUT2D eigenvalue weighted by molar-refractivity contribution is 1.05. The van der Waals surface area contributed by atoms with Gasteiger partial charge in [0.15, 0.2) is 11.5 Å². The molecule has 0 atom stereocenters. The minimum absolute atomic E-state index is 0.517. The first-order valence-electron chi connectivity index (χ1n) is 5.89. The van der Waals surface area contributed by atoms with Crippen molar-refractivity contribution in [3.05, 3.63) is 53.7 Å². The van der Waals surface area contributed by atoms with E-state index in [1.165, 1.54) is 5.56 Å². The van der Waals surface area contributed by atoms with Crippen LogP contribution in [-0.4, -0.2) is 14.6 Å². The van der Waals surface area contributed by atoms with E-state index in [1.807, 2.05) is 34.9 Å². The summed E-state index contributed by atoms with van der Waals surface area (Å²) in [6.45, 7) is 2.59. The predicted octanol–water partition coefficient (Wildman–Crippen LogP) is 2.16. The molecular formula is C14H14N4. The summed E-state index contributed by atoms with van der Waals surface area (Å²) < 4.78 is 1.99. The van der Waals surface area contributed by atoms with Crippen LogP contribution in [0.5, 0.6) is 0 Å². The highest BCUT2D eigenvalue weighted by atomic mass is 15.2.